The topological polar surface area (TPSA) is 107 Å². The van der Waals surface area contributed by atoms with E-state index in [0.717, 1.165) is 0 Å². The lowest BCUT2D eigenvalue weighted by Gasteiger charge is -2.13. The standard InChI is InChI=1S/C9H17NO5S/c1-6(12)10-8(9(14)15)5-16-3-2-7(13)4-11/h7-8,11,13H,2-5H2,1H3,(H,10,12)(H,14,15)/t7-,8+/m1/s1. The fourth-order valence-electron chi connectivity index (χ4n) is 0.932. The first kappa shape index (κ1) is 15.2. The molecule has 0 radical (unpaired) electrons. The molecule has 0 aliphatic carbocycles. The third-order valence-corrected chi connectivity index (χ3v) is 2.86. The highest BCUT2D eigenvalue weighted by molar-refractivity contribution is 7.99. The summed E-state index contributed by atoms with van der Waals surface area (Å²) >= 11 is 1.31. The van der Waals surface area contributed by atoms with Crippen molar-refractivity contribution >= 4 is 23.6 Å². The van der Waals surface area contributed by atoms with Crippen LogP contribution in [0.25, 0.3) is 0 Å². The number of carbonyl (C=O) groups excluding carboxylic acids is 1. The lowest BCUT2D eigenvalue weighted by Crippen LogP contribution is -2.41. The molecule has 6 nitrogen and oxygen atoms in total. The first-order valence-corrected chi connectivity index (χ1v) is 5.99. The van der Waals surface area contributed by atoms with Gasteiger partial charge in [-0.1, -0.05) is 0 Å². The first-order valence-electron chi connectivity index (χ1n) is 4.84. The third-order valence-electron chi connectivity index (χ3n) is 1.77. The monoisotopic (exact) mass is 251 g/mol. The summed E-state index contributed by atoms with van der Waals surface area (Å²) in [5.74, 6) is -0.688. The van der Waals surface area contributed by atoms with E-state index in [4.69, 9.17) is 15.3 Å². The number of rotatable bonds is 8. The van der Waals surface area contributed by atoms with Gasteiger partial charge in [0.15, 0.2) is 0 Å². The van der Waals surface area contributed by atoms with Crippen molar-refractivity contribution in [2.24, 2.45) is 0 Å². The smallest absolute Gasteiger partial charge is 0.327 e. The van der Waals surface area contributed by atoms with Crippen LogP contribution in [-0.2, 0) is 9.59 Å². The van der Waals surface area contributed by atoms with E-state index in [2.05, 4.69) is 5.32 Å². The maximum absolute atomic E-state index is 10.7. The average Bonchev–Trinajstić information content (AvgIpc) is 2.21. The predicted octanol–water partition coefficient (Wildman–Crippen LogP) is -0.948. The quantitative estimate of drug-likeness (QED) is 0.414. The van der Waals surface area contributed by atoms with Crippen molar-refractivity contribution < 1.29 is 24.9 Å². The Kier molecular flexibility index (Phi) is 7.96. The second-order valence-corrected chi connectivity index (χ2v) is 4.44. The summed E-state index contributed by atoms with van der Waals surface area (Å²) < 4.78 is 0. The number of hydrogen-bond donors (Lipinski definition) is 4. The highest BCUT2D eigenvalue weighted by Crippen LogP contribution is 2.07. The largest absolute Gasteiger partial charge is 0.480 e. The molecule has 4 N–H and O–H groups in total. The molecule has 0 bridgehead atoms. The van der Waals surface area contributed by atoms with E-state index in [0.29, 0.717) is 12.2 Å². The van der Waals surface area contributed by atoms with Crippen molar-refractivity contribution in [1.29, 1.82) is 0 Å². The van der Waals surface area contributed by atoms with Gasteiger partial charge >= 0.3 is 5.97 Å². The zero-order chi connectivity index (χ0) is 12.6. The fraction of sp³-hybridized carbons (Fsp3) is 0.778. The maximum Gasteiger partial charge on any atom is 0.327 e. The van der Waals surface area contributed by atoms with Crippen LogP contribution >= 0.6 is 11.8 Å². The molecule has 1 amide bonds. The first-order chi connectivity index (χ1) is 7.47. The minimum absolute atomic E-state index is 0.243. The summed E-state index contributed by atoms with van der Waals surface area (Å²) in [6.07, 6.45) is -0.371. The van der Waals surface area contributed by atoms with Gasteiger partial charge in [0.2, 0.25) is 5.91 Å². The Morgan fingerprint density at radius 1 is 1.44 bits per heavy atom. The van der Waals surface area contributed by atoms with Crippen LogP contribution in [0.1, 0.15) is 13.3 Å². The Balaban J connectivity index is 3.77. The van der Waals surface area contributed by atoms with Crippen molar-refractivity contribution in [3.8, 4) is 0 Å². The van der Waals surface area contributed by atoms with Crippen molar-refractivity contribution in [1.82, 2.24) is 5.32 Å². The van der Waals surface area contributed by atoms with E-state index in [1.807, 2.05) is 0 Å². The Morgan fingerprint density at radius 3 is 2.50 bits per heavy atom. The third kappa shape index (κ3) is 7.49. The second kappa shape index (κ2) is 8.37. The molecular weight excluding hydrogens is 234 g/mol. The van der Waals surface area contributed by atoms with Crippen LogP contribution in [0.15, 0.2) is 0 Å². The van der Waals surface area contributed by atoms with Gasteiger partial charge in [-0.2, -0.15) is 11.8 Å². The van der Waals surface area contributed by atoms with E-state index in [9.17, 15) is 9.59 Å². The number of aliphatic carboxylic acids is 1. The van der Waals surface area contributed by atoms with Gasteiger partial charge in [0.05, 0.1) is 12.7 Å². The van der Waals surface area contributed by atoms with E-state index >= 15 is 0 Å². The molecule has 0 aliphatic rings. The van der Waals surface area contributed by atoms with Crippen LogP contribution < -0.4 is 5.32 Å². The number of carboxylic acid groups (broad SMARTS) is 1. The summed E-state index contributed by atoms with van der Waals surface area (Å²) in [6.45, 7) is 0.963. The minimum atomic E-state index is -1.08. The van der Waals surface area contributed by atoms with Crippen LogP contribution in [0.4, 0.5) is 0 Å². The fourth-order valence-corrected chi connectivity index (χ4v) is 2.00. The number of carboxylic acids is 1. The molecule has 0 aliphatic heterocycles. The molecule has 0 unspecified atom stereocenters. The normalized spacial score (nSPS) is 14.2. The number of nitrogens with one attached hydrogen (secondary N) is 1. The summed E-state index contributed by atoms with van der Waals surface area (Å²) in [6, 6.07) is -0.909. The number of carbonyl (C=O) groups is 2. The molecule has 0 heterocycles. The zero-order valence-corrected chi connectivity index (χ0v) is 9.87. The zero-order valence-electron chi connectivity index (χ0n) is 9.05. The minimum Gasteiger partial charge on any atom is -0.480 e. The Labute approximate surface area is 98.0 Å². The van der Waals surface area contributed by atoms with Gasteiger partial charge in [-0.05, 0) is 12.2 Å². The molecule has 0 rings (SSSR count). The van der Waals surface area contributed by atoms with Crippen LogP contribution in [0.3, 0.4) is 0 Å². The van der Waals surface area contributed by atoms with Gasteiger partial charge < -0.3 is 20.6 Å². The molecular formula is C9H17NO5S. The van der Waals surface area contributed by atoms with Crippen molar-refractivity contribution in [3.05, 3.63) is 0 Å². The molecule has 0 aromatic carbocycles. The SMILES string of the molecule is CC(=O)N[C@@H](CSCC[C@@H](O)CO)C(=O)O. The molecule has 16 heavy (non-hydrogen) atoms. The van der Waals surface area contributed by atoms with Gasteiger partial charge in [0.1, 0.15) is 6.04 Å². The maximum atomic E-state index is 10.7. The molecule has 94 valence electrons. The molecule has 0 aromatic heterocycles. The average molecular weight is 251 g/mol. The second-order valence-electron chi connectivity index (χ2n) is 3.29. The molecule has 0 fully saturated rings. The summed E-state index contributed by atoms with van der Waals surface area (Å²) in [5, 5.41) is 28.6. The number of aliphatic hydroxyl groups is 2. The Morgan fingerprint density at radius 2 is 2.06 bits per heavy atom. The van der Waals surface area contributed by atoms with Crippen LogP contribution in [0.2, 0.25) is 0 Å². The highest BCUT2D eigenvalue weighted by Gasteiger charge is 2.17. The van der Waals surface area contributed by atoms with Gasteiger partial charge in [-0.3, -0.25) is 4.79 Å². The molecule has 0 saturated heterocycles. The lowest BCUT2D eigenvalue weighted by molar-refractivity contribution is -0.140. The van der Waals surface area contributed by atoms with Crippen molar-refractivity contribution in [3.63, 3.8) is 0 Å². The van der Waals surface area contributed by atoms with E-state index < -0.39 is 18.1 Å². The predicted molar refractivity (Wildman–Crippen MR) is 60.3 cm³/mol. The van der Waals surface area contributed by atoms with E-state index in [-0.39, 0.29) is 18.3 Å². The van der Waals surface area contributed by atoms with Crippen molar-refractivity contribution in [2.45, 2.75) is 25.5 Å². The van der Waals surface area contributed by atoms with E-state index in [1.54, 1.807) is 0 Å². The number of amides is 1. The molecule has 0 aromatic rings. The summed E-state index contributed by atoms with van der Waals surface area (Å²) in [4.78, 5) is 21.4. The van der Waals surface area contributed by atoms with Crippen LogP contribution in [0, 0.1) is 0 Å². The Hall–Kier alpha value is -0.790. The highest BCUT2D eigenvalue weighted by atomic mass is 32.2. The number of aliphatic hydroxyl groups excluding tert-OH is 2. The van der Waals surface area contributed by atoms with E-state index in [1.165, 1.54) is 18.7 Å². The van der Waals surface area contributed by atoms with Gasteiger partial charge in [0.25, 0.3) is 0 Å². The number of hydrogen-bond acceptors (Lipinski definition) is 5. The molecule has 2 atom stereocenters. The summed E-state index contributed by atoms with van der Waals surface area (Å²) in [5.41, 5.74) is 0. The molecule has 0 saturated carbocycles. The van der Waals surface area contributed by atoms with Crippen LogP contribution in [-0.4, -0.2) is 57.5 Å². The lowest BCUT2D eigenvalue weighted by atomic mass is 10.3. The molecule has 7 heteroatoms. The van der Waals surface area contributed by atoms with Crippen molar-refractivity contribution in [2.75, 3.05) is 18.1 Å². The summed E-state index contributed by atoms with van der Waals surface area (Å²) in [7, 11) is 0. The van der Waals surface area contributed by atoms with Crippen LogP contribution in [0.5, 0.6) is 0 Å². The Bertz CT molecular complexity index is 236. The number of thioether (sulfide) groups is 1. The van der Waals surface area contributed by atoms with Gasteiger partial charge in [0, 0.05) is 12.7 Å². The molecule has 0 spiro atoms. The van der Waals surface area contributed by atoms with Gasteiger partial charge in [-0.25, -0.2) is 4.79 Å². The van der Waals surface area contributed by atoms with Gasteiger partial charge in [-0.15, -0.1) is 0 Å².